The zero-order chi connectivity index (χ0) is 25.7. The van der Waals surface area contributed by atoms with Gasteiger partial charge in [0.2, 0.25) is 0 Å². The number of benzene rings is 3. The summed E-state index contributed by atoms with van der Waals surface area (Å²) in [5, 5.41) is 12.8. The van der Waals surface area contributed by atoms with Crippen molar-refractivity contribution in [2.24, 2.45) is 0 Å². The average molecular weight is 505 g/mol. The molecule has 0 saturated heterocycles. The van der Waals surface area contributed by atoms with Gasteiger partial charge in [0.1, 0.15) is 11.4 Å². The van der Waals surface area contributed by atoms with E-state index in [1.54, 1.807) is 55.3 Å². The minimum absolute atomic E-state index is 0.118. The van der Waals surface area contributed by atoms with Crippen LogP contribution in [0.3, 0.4) is 0 Å². The van der Waals surface area contributed by atoms with Crippen molar-refractivity contribution in [2.45, 2.75) is 44.4 Å². The van der Waals surface area contributed by atoms with Gasteiger partial charge in [-0.2, -0.15) is 0 Å². The Kier molecular flexibility index (Phi) is 6.05. The van der Waals surface area contributed by atoms with E-state index in [4.69, 9.17) is 16.3 Å². The number of anilines is 1. The molecule has 0 radical (unpaired) electrons. The molecule has 1 spiro atoms. The van der Waals surface area contributed by atoms with Crippen molar-refractivity contribution in [1.82, 2.24) is 4.90 Å². The zero-order valence-corrected chi connectivity index (χ0v) is 21.4. The predicted molar refractivity (Wildman–Crippen MR) is 139 cm³/mol. The van der Waals surface area contributed by atoms with Crippen molar-refractivity contribution < 1.29 is 19.4 Å². The summed E-state index contributed by atoms with van der Waals surface area (Å²) in [5.74, 6) is 0.0507. The van der Waals surface area contributed by atoms with Crippen LogP contribution in [0.5, 0.6) is 5.75 Å². The Bertz CT molecular complexity index is 1340. The van der Waals surface area contributed by atoms with E-state index in [0.717, 1.165) is 18.4 Å². The van der Waals surface area contributed by atoms with E-state index in [1.807, 2.05) is 30.3 Å². The monoisotopic (exact) mass is 504 g/mol. The Labute approximate surface area is 216 Å². The predicted octanol–water partition coefficient (Wildman–Crippen LogP) is 5.25. The lowest BCUT2D eigenvalue weighted by Crippen LogP contribution is -2.68. The van der Waals surface area contributed by atoms with Crippen LogP contribution in [0.25, 0.3) is 0 Å². The molecule has 0 aliphatic carbocycles. The van der Waals surface area contributed by atoms with Crippen molar-refractivity contribution in [2.75, 3.05) is 18.6 Å². The Balaban J connectivity index is 1.78. The number of aliphatic hydroxyl groups is 1. The fraction of sp³-hybridized carbons (Fsp3) is 0.310. The van der Waals surface area contributed by atoms with E-state index in [1.165, 1.54) is 4.90 Å². The van der Waals surface area contributed by atoms with Gasteiger partial charge in [-0.1, -0.05) is 55.3 Å². The quantitative estimate of drug-likeness (QED) is 0.497. The minimum Gasteiger partial charge on any atom is -0.497 e. The van der Waals surface area contributed by atoms with Gasteiger partial charge in [-0.05, 0) is 60.9 Å². The van der Waals surface area contributed by atoms with Gasteiger partial charge >= 0.3 is 0 Å². The largest absolute Gasteiger partial charge is 0.497 e. The van der Waals surface area contributed by atoms with Crippen LogP contribution in [-0.4, -0.2) is 35.5 Å². The first-order valence-corrected chi connectivity index (χ1v) is 12.5. The number of carbonyl (C=O) groups is 2. The highest BCUT2D eigenvalue weighted by Crippen LogP contribution is 2.57. The highest BCUT2D eigenvalue weighted by Gasteiger charge is 2.68. The summed E-state index contributed by atoms with van der Waals surface area (Å²) in [5.41, 5.74) is -0.583. The van der Waals surface area contributed by atoms with Crippen LogP contribution < -0.4 is 9.64 Å². The summed E-state index contributed by atoms with van der Waals surface area (Å²) < 4.78 is 5.29. The number of hydrogen-bond acceptors (Lipinski definition) is 4. The first-order chi connectivity index (χ1) is 17.3. The van der Waals surface area contributed by atoms with Crippen molar-refractivity contribution in [3.63, 3.8) is 0 Å². The molecule has 5 rings (SSSR count). The molecule has 36 heavy (non-hydrogen) atoms. The van der Waals surface area contributed by atoms with Crippen LogP contribution in [0.15, 0.2) is 66.7 Å². The number of nitrogens with zero attached hydrogens (tertiary/aromatic N) is 2. The van der Waals surface area contributed by atoms with E-state index < -0.39 is 11.1 Å². The highest BCUT2D eigenvalue weighted by atomic mass is 35.5. The number of unbranched alkanes of at least 4 members (excludes halogenated alkanes) is 1. The Hall–Kier alpha value is -3.35. The van der Waals surface area contributed by atoms with E-state index in [0.29, 0.717) is 39.7 Å². The molecule has 2 atom stereocenters. The third-order valence-electron chi connectivity index (χ3n) is 7.47. The summed E-state index contributed by atoms with van der Waals surface area (Å²) in [6, 6.07) is 19.6. The number of methoxy groups -OCH3 is 1. The number of ether oxygens (including phenoxy) is 1. The smallest absolute Gasteiger partial charge is 0.261 e. The summed E-state index contributed by atoms with van der Waals surface area (Å²) >= 11 is 6.47. The fourth-order valence-electron chi connectivity index (χ4n) is 5.68. The maximum atomic E-state index is 14.5. The SMILES string of the molecule is CCCCN1C(=O)C2(c3cc(Cl)ccc31)N(Cc1ccc(OC)cc1)C(=O)c1ccccc1[C@]2(C)O. The van der Waals surface area contributed by atoms with Crippen LogP contribution >= 0.6 is 11.6 Å². The molecule has 0 saturated carbocycles. The summed E-state index contributed by atoms with van der Waals surface area (Å²) in [4.78, 5) is 31.9. The van der Waals surface area contributed by atoms with Crippen molar-refractivity contribution in [3.05, 3.63) is 94.0 Å². The zero-order valence-electron chi connectivity index (χ0n) is 20.6. The lowest BCUT2D eigenvalue weighted by atomic mass is 9.67. The van der Waals surface area contributed by atoms with Gasteiger partial charge < -0.3 is 19.6 Å². The normalized spacial score (nSPS) is 22.7. The Morgan fingerprint density at radius 3 is 2.42 bits per heavy atom. The van der Waals surface area contributed by atoms with E-state index in [9.17, 15) is 14.7 Å². The van der Waals surface area contributed by atoms with Crippen molar-refractivity contribution in [3.8, 4) is 5.75 Å². The van der Waals surface area contributed by atoms with E-state index >= 15 is 0 Å². The first kappa shape index (κ1) is 24.3. The third kappa shape index (κ3) is 3.35. The average Bonchev–Trinajstić information content (AvgIpc) is 3.12. The molecule has 2 amide bonds. The Morgan fingerprint density at radius 2 is 1.72 bits per heavy atom. The molecule has 2 aliphatic heterocycles. The fourth-order valence-corrected chi connectivity index (χ4v) is 5.85. The maximum absolute atomic E-state index is 14.5. The van der Waals surface area contributed by atoms with Crippen LogP contribution in [0.4, 0.5) is 5.69 Å². The van der Waals surface area contributed by atoms with Gasteiger partial charge in [-0.3, -0.25) is 9.59 Å². The molecule has 7 heteroatoms. The molecule has 0 fully saturated rings. The third-order valence-corrected chi connectivity index (χ3v) is 7.70. The summed E-state index contributed by atoms with van der Waals surface area (Å²) in [6.07, 6.45) is 1.68. The van der Waals surface area contributed by atoms with Crippen LogP contribution in [0.2, 0.25) is 5.02 Å². The second kappa shape index (κ2) is 8.95. The molecule has 2 aliphatic rings. The molecule has 0 bridgehead atoms. The van der Waals surface area contributed by atoms with Gasteiger partial charge in [0.15, 0.2) is 5.54 Å². The second-order valence-electron chi connectivity index (χ2n) is 9.54. The lowest BCUT2D eigenvalue weighted by Gasteiger charge is -2.52. The number of amides is 2. The number of hydrogen-bond donors (Lipinski definition) is 1. The second-order valence-corrected chi connectivity index (χ2v) is 9.98. The standard InChI is InChI=1S/C29H29ClN2O4/c1-4-5-16-31-25-15-12-20(30)17-24(25)29(27(31)34)28(2,35)23-9-7-6-8-22(23)26(33)32(29)18-19-10-13-21(36-3)14-11-19/h6-15,17,35H,4-5,16,18H2,1-3H3/t28-,29?/m0/s1. The topological polar surface area (TPSA) is 70.1 Å². The van der Waals surface area contributed by atoms with Crippen LogP contribution in [0, 0.1) is 0 Å². The maximum Gasteiger partial charge on any atom is 0.261 e. The summed E-state index contributed by atoms with van der Waals surface area (Å²) in [6.45, 7) is 4.29. The van der Waals surface area contributed by atoms with Gasteiger partial charge in [-0.25, -0.2) is 0 Å². The van der Waals surface area contributed by atoms with Gasteiger partial charge in [-0.15, -0.1) is 0 Å². The number of carbonyl (C=O) groups excluding carboxylic acids is 2. The number of fused-ring (bicyclic) bond motifs is 3. The summed E-state index contributed by atoms with van der Waals surface area (Å²) in [7, 11) is 1.59. The molecule has 2 heterocycles. The lowest BCUT2D eigenvalue weighted by molar-refractivity contribution is -0.154. The molecule has 1 N–H and O–H groups in total. The first-order valence-electron chi connectivity index (χ1n) is 12.2. The van der Waals surface area contributed by atoms with Crippen LogP contribution in [0.1, 0.15) is 53.7 Å². The molecular weight excluding hydrogens is 476 g/mol. The van der Waals surface area contributed by atoms with Crippen molar-refractivity contribution >= 4 is 29.1 Å². The van der Waals surface area contributed by atoms with Gasteiger partial charge in [0.05, 0.1) is 12.8 Å². The number of halogens is 1. The molecule has 3 aromatic carbocycles. The van der Waals surface area contributed by atoms with Crippen molar-refractivity contribution in [1.29, 1.82) is 0 Å². The van der Waals surface area contributed by atoms with Gasteiger partial charge in [0, 0.05) is 29.2 Å². The molecule has 6 nitrogen and oxygen atoms in total. The van der Waals surface area contributed by atoms with Crippen LogP contribution in [-0.2, 0) is 22.5 Å². The van der Waals surface area contributed by atoms with E-state index in [-0.39, 0.29) is 18.4 Å². The number of rotatable bonds is 6. The molecular formula is C29H29ClN2O4. The Morgan fingerprint density at radius 1 is 1.00 bits per heavy atom. The minimum atomic E-state index is -1.72. The molecule has 0 aromatic heterocycles. The highest BCUT2D eigenvalue weighted by molar-refractivity contribution is 6.31. The van der Waals surface area contributed by atoms with E-state index in [2.05, 4.69) is 6.92 Å². The molecule has 1 unspecified atom stereocenters. The molecule has 186 valence electrons. The molecule has 3 aromatic rings. The van der Waals surface area contributed by atoms with Gasteiger partial charge in [0.25, 0.3) is 11.8 Å².